The Morgan fingerprint density at radius 3 is 2.59 bits per heavy atom. The Bertz CT molecular complexity index is 577. The Labute approximate surface area is 129 Å². The van der Waals surface area contributed by atoms with E-state index in [0.717, 1.165) is 18.4 Å². The summed E-state index contributed by atoms with van der Waals surface area (Å²) in [7, 11) is 0. The maximum atomic E-state index is 12.4. The Hall–Kier alpha value is -2.14. The van der Waals surface area contributed by atoms with E-state index >= 15 is 0 Å². The second-order valence-electron chi connectivity index (χ2n) is 5.71. The van der Waals surface area contributed by atoms with Crippen LogP contribution in [0.5, 0.6) is 0 Å². The number of carbonyl (C=O) groups excluding carboxylic acids is 2. The second-order valence-corrected chi connectivity index (χ2v) is 5.71. The van der Waals surface area contributed by atoms with Crippen LogP contribution in [0.1, 0.15) is 18.4 Å². The molecule has 3 rings (SSSR count). The van der Waals surface area contributed by atoms with Gasteiger partial charge in [0, 0.05) is 32.4 Å². The van der Waals surface area contributed by atoms with Gasteiger partial charge in [-0.15, -0.1) is 0 Å². The first-order valence-electron chi connectivity index (χ1n) is 7.67. The zero-order valence-electron chi connectivity index (χ0n) is 12.5. The molecule has 1 saturated heterocycles. The lowest BCUT2D eigenvalue weighted by molar-refractivity contribution is -0.138. The van der Waals surface area contributed by atoms with Gasteiger partial charge in [-0.2, -0.15) is 0 Å². The molecule has 0 aliphatic carbocycles. The first-order valence-corrected chi connectivity index (χ1v) is 7.67. The van der Waals surface area contributed by atoms with Gasteiger partial charge in [-0.25, -0.2) is 0 Å². The highest BCUT2D eigenvalue weighted by molar-refractivity contribution is 6.15. The molecule has 0 radical (unpaired) electrons. The lowest BCUT2D eigenvalue weighted by atomic mass is 10.00. The third-order valence-corrected chi connectivity index (χ3v) is 4.12. The fourth-order valence-corrected chi connectivity index (χ4v) is 2.79. The second kappa shape index (κ2) is 6.75. The van der Waals surface area contributed by atoms with E-state index in [-0.39, 0.29) is 11.8 Å². The van der Waals surface area contributed by atoms with Crippen molar-refractivity contribution in [3.8, 4) is 0 Å². The van der Waals surface area contributed by atoms with Gasteiger partial charge < -0.3 is 10.1 Å². The molecule has 0 unspecified atom stereocenters. The molecule has 0 aromatic heterocycles. The third-order valence-electron chi connectivity index (χ3n) is 4.12. The molecule has 1 aromatic carbocycles. The van der Waals surface area contributed by atoms with Crippen molar-refractivity contribution >= 4 is 11.8 Å². The van der Waals surface area contributed by atoms with E-state index in [9.17, 15) is 9.59 Å². The van der Waals surface area contributed by atoms with Crippen molar-refractivity contribution in [2.24, 2.45) is 5.92 Å². The number of ether oxygens (including phenoxy) is 1. The summed E-state index contributed by atoms with van der Waals surface area (Å²) in [6.07, 6.45) is 3.22. The van der Waals surface area contributed by atoms with Crippen molar-refractivity contribution in [3.63, 3.8) is 0 Å². The summed E-state index contributed by atoms with van der Waals surface area (Å²) >= 11 is 0. The number of benzene rings is 1. The zero-order valence-corrected chi connectivity index (χ0v) is 12.5. The molecule has 0 atom stereocenters. The van der Waals surface area contributed by atoms with Gasteiger partial charge in [-0.05, 0) is 24.3 Å². The van der Waals surface area contributed by atoms with Crippen LogP contribution >= 0.6 is 0 Å². The molecule has 1 aromatic rings. The van der Waals surface area contributed by atoms with E-state index in [2.05, 4.69) is 5.32 Å². The molecule has 2 aliphatic rings. The lowest BCUT2D eigenvalue weighted by Gasteiger charge is -2.26. The predicted octanol–water partition coefficient (Wildman–Crippen LogP) is 1.46. The maximum Gasteiger partial charge on any atom is 0.277 e. The molecule has 2 heterocycles. The van der Waals surface area contributed by atoms with Gasteiger partial charge in [-0.3, -0.25) is 14.5 Å². The van der Waals surface area contributed by atoms with Crippen LogP contribution in [0.3, 0.4) is 0 Å². The standard InChI is InChI=1S/C17H20N2O3/c20-16-10-15(18-11-13-4-2-1-3-5-13)17(21)19(16)12-14-6-8-22-9-7-14/h1-5,10,14,18H,6-9,11-12H2. The van der Waals surface area contributed by atoms with Crippen molar-refractivity contribution in [2.75, 3.05) is 19.8 Å². The van der Waals surface area contributed by atoms with Crippen LogP contribution in [0.15, 0.2) is 42.1 Å². The number of hydrogen-bond acceptors (Lipinski definition) is 4. The molecule has 2 aliphatic heterocycles. The highest BCUT2D eigenvalue weighted by atomic mass is 16.5. The monoisotopic (exact) mass is 300 g/mol. The first-order chi connectivity index (χ1) is 10.7. The van der Waals surface area contributed by atoms with E-state index in [1.54, 1.807) is 0 Å². The summed E-state index contributed by atoms with van der Waals surface area (Å²) in [5.41, 5.74) is 1.47. The Balaban J connectivity index is 1.56. The summed E-state index contributed by atoms with van der Waals surface area (Å²) in [6, 6.07) is 9.81. The van der Waals surface area contributed by atoms with E-state index in [0.29, 0.717) is 37.9 Å². The topological polar surface area (TPSA) is 58.6 Å². The lowest BCUT2D eigenvalue weighted by Crippen LogP contribution is -2.38. The molecule has 0 saturated carbocycles. The number of amides is 2. The van der Waals surface area contributed by atoms with Gasteiger partial charge in [-0.1, -0.05) is 30.3 Å². The molecular formula is C17H20N2O3. The smallest absolute Gasteiger partial charge is 0.277 e. The van der Waals surface area contributed by atoms with E-state index < -0.39 is 0 Å². The van der Waals surface area contributed by atoms with Crippen molar-refractivity contribution in [3.05, 3.63) is 47.7 Å². The number of nitrogens with zero attached hydrogens (tertiary/aromatic N) is 1. The normalized spacial score (nSPS) is 19.5. The van der Waals surface area contributed by atoms with E-state index in [4.69, 9.17) is 4.74 Å². The highest BCUT2D eigenvalue weighted by Crippen LogP contribution is 2.20. The van der Waals surface area contributed by atoms with Gasteiger partial charge in [0.25, 0.3) is 11.8 Å². The minimum Gasteiger partial charge on any atom is -0.381 e. The fraction of sp³-hybridized carbons (Fsp3) is 0.412. The van der Waals surface area contributed by atoms with Gasteiger partial charge in [0.1, 0.15) is 5.70 Å². The first kappa shape index (κ1) is 14.8. The summed E-state index contributed by atoms with van der Waals surface area (Å²) in [4.78, 5) is 25.7. The molecule has 1 N–H and O–H groups in total. The van der Waals surface area contributed by atoms with Crippen LogP contribution < -0.4 is 5.32 Å². The molecule has 0 bridgehead atoms. The van der Waals surface area contributed by atoms with Crippen LogP contribution in [0.25, 0.3) is 0 Å². The number of carbonyl (C=O) groups is 2. The van der Waals surface area contributed by atoms with Crippen LogP contribution in [0.2, 0.25) is 0 Å². The average Bonchev–Trinajstić information content (AvgIpc) is 2.82. The number of imide groups is 1. The van der Waals surface area contributed by atoms with Crippen molar-refractivity contribution < 1.29 is 14.3 Å². The third kappa shape index (κ3) is 3.36. The SMILES string of the molecule is O=C1C=C(NCc2ccccc2)C(=O)N1CC1CCOCC1. The van der Waals surface area contributed by atoms with Crippen LogP contribution in [-0.2, 0) is 20.9 Å². The minimum atomic E-state index is -0.216. The number of hydrogen-bond donors (Lipinski definition) is 1. The Kier molecular flexibility index (Phi) is 4.53. The number of nitrogens with one attached hydrogen (secondary N) is 1. The summed E-state index contributed by atoms with van der Waals surface area (Å²) in [5, 5.41) is 3.07. The Morgan fingerprint density at radius 2 is 1.86 bits per heavy atom. The van der Waals surface area contributed by atoms with Crippen LogP contribution in [0.4, 0.5) is 0 Å². The molecule has 116 valence electrons. The fourth-order valence-electron chi connectivity index (χ4n) is 2.79. The largest absolute Gasteiger partial charge is 0.381 e. The quantitative estimate of drug-likeness (QED) is 0.836. The predicted molar refractivity (Wildman–Crippen MR) is 81.6 cm³/mol. The van der Waals surface area contributed by atoms with E-state index in [1.807, 2.05) is 30.3 Å². The minimum absolute atomic E-state index is 0.215. The zero-order chi connectivity index (χ0) is 15.4. The van der Waals surface area contributed by atoms with Crippen molar-refractivity contribution in [1.82, 2.24) is 10.2 Å². The van der Waals surface area contributed by atoms with E-state index in [1.165, 1.54) is 11.0 Å². The molecule has 0 spiro atoms. The summed E-state index contributed by atoms with van der Waals surface area (Å²) < 4.78 is 5.31. The maximum absolute atomic E-state index is 12.4. The van der Waals surface area contributed by atoms with Crippen molar-refractivity contribution in [2.45, 2.75) is 19.4 Å². The molecule has 2 amide bonds. The van der Waals surface area contributed by atoms with Gasteiger partial charge >= 0.3 is 0 Å². The molecular weight excluding hydrogens is 280 g/mol. The van der Waals surface area contributed by atoms with Gasteiger partial charge in [0.15, 0.2) is 0 Å². The number of rotatable bonds is 5. The molecule has 5 nitrogen and oxygen atoms in total. The molecule has 1 fully saturated rings. The summed E-state index contributed by atoms with van der Waals surface area (Å²) in [5.74, 6) is -0.0806. The van der Waals surface area contributed by atoms with Crippen LogP contribution in [-0.4, -0.2) is 36.5 Å². The Morgan fingerprint density at radius 1 is 1.14 bits per heavy atom. The van der Waals surface area contributed by atoms with Gasteiger partial charge in [0.05, 0.1) is 0 Å². The summed E-state index contributed by atoms with van der Waals surface area (Å²) in [6.45, 7) is 2.46. The highest BCUT2D eigenvalue weighted by Gasteiger charge is 2.33. The van der Waals surface area contributed by atoms with Gasteiger partial charge in [0.2, 0.25) is 0 Å². The van der Waals surface area contributed by atoms with Crippen LogP contribution in [0, 0.1) is 5.92 Å². The average molecular weight is 300 g/mol. The molecule has 5 heteroatoms. The molecule has 22 heavy (non-hydrogen) atoms. The van der Waals surface area contributed by atoms with Crippen molar-refractivity contribution in [1.29, 1.82) is 0 Å².